The molecule has 1 aliphatic rings. The SMILES string of the molecule is CCC1CCCCN1C(=O)c1cc(Nc2ccc(NC(C)=O)cc2)nc(C)n1. The molecule has 28 heavy (non-hydrogen) atoms. The smallest absolute Gasteiger partial charge is 0.272 e. The number of aryl methyl sites for hydroxylation is 1. The first-order chi connectivity index (χ1) is 13.5. The highest BCUT2D eigenvalue weighted by molar-refractivity contribution is 5.93. The highest BCUT2D eigenvalue weighted by atomic mass is 16.2. The van der Waals surface area contributed by atoms with Crippen molar-refractivity contribution in [3.8, 4) is 0 Å². The summed E-state index contributed by atoms with van der Waals surface area (Å²) in [6, 6.07) is 9.31. The molecule has 148 valence electrons. The lowest BCUT2D eigenvalue weighted by Crippen LogP contribution is -2.43. The Balaban J connectivity index is 1.77. The molecule has 2 aromatic rings. The van der Waals surface area contributed by atoms with Crippen LogP contribution in [-0.4, -0.2) is 39.3 Å². The van der Waals surface area contributed by atoms with Gasteiger partial charge in [-0.05, 0) is 56.9 Å². The van der Waals surface area contributed by atoms with Crippen molar-refractivity contribution in [2.45, 2.75) is 52.5 Å². The molecular formula is C21H27N5O2. The van der Waals surface area contributed by atoms with Crippen LogP contribution < -0.4 is 10.6 Å². The van der Waals surface area contributed by atoms with E-state index in [0.717, 1.165) is 37.2 Å². The maximum Gasteiger partial charge on any atom is 0.272 e. The molecule has 0 radical (unpaired) electrons. The Hall–Kier alpha value is -2.96. The Morgan fingerprint density at radius 1 is 1.14 bits per heavy atom. The Morgan fingerprint density at radius 2 is 1.86 bits per heavy atom. The minimum Gasteiger partial charge on any atom is -0.340 e. The van der Waals surface area contributed by atoms with Crippen LogP contribution in [0, 0.1) is 6.92 Å². The van der Waals surface area contributed by atoms with Gasteiger partial charge in [-0.3, -0.25) is 9.59 Å². The lowest BCUT2D eigenvalue weighted by atomic mass is 9.99. The van der Waals surface area contributed by atoms with E-state index < -0.39 is 0 Å². The third kappa shape index (κ3) is 4.85. The number of anilines is 3. The van der Waals surface area contributed by atoms with Gasteiger partial charge in [0.1, 0.15) is 17.3 Å². The van der Waals surface area contributed by atoms with Gasteiger partial charge in [0.05, 0.1) is 0 Å². The van der Waals surface area contributed by atoms with E-state index in [0.29, 0.717) is 17.3 Å². The van der Waals surface area contributed by atoms with Gasteiger partial charge in [-0.2, -0.15) is 0 Å². The highest BCUT2D eigenvalue weighted by Gasteiger charge is 2.27. The fourth-order valence-electron chi connectivity index (χ4n) is 3.57. The third-order valence-electron chi connectivity index (χ3n) is 4.89. The number of aromatic nitrogens is 2. The van der Waals surface area contributed by atoms with E-state index in [1.807, 2.05) is 29.2 Å². The second kappa shape index (κ2) is 8.82. The van der Waals surface area contributed by atoms with Crippen LogP contribution in [0.5, 0.6) is 0 Å². The Bertz CT molecular complexity index is 850. The topological polar surface area (TPSA) is 87.2 Å². The summed E-state index contributed by atoms with van der Waals surface area (Å²) >= 11 is 0. The molecule has 0 aliphatic carbocycles. The molecular weight excluding hydrogens is 354 g/mol. The van der Waals surface area contributed by atoms with E-state index >= 15 is 0 Å². The van der Waals surface area contributed by atoms with Gasteiger partial charge < -0.3 is 15.5 Å². The highest BCUT2D eigenvalue weighted by Crippen LogP contribution is 2.23. The fourth-order valence-corrected chi connectivity index (χ4v) is 3.57. The van der Waals surface area contributed by atoms with Gasteiger partial charge in [-0.1, -0.05) is 6.92 Å². The molecule has 7 nitrogen and oxygen atoms in total. The number of benzene rings is 1. The van der Waals surface area contributed by atoms with Gasteiger partial charge in [0.2, 0.25) is 5.91 Å². The molecule has 0 saturated carbocycles. The standard InChI is InChI=1S/C21H27N5O2/c1-4-18-7-5-6-12-26(18)21(28)19-13-20(23-14(2)22-19)25-17-10-8-16(9-11-17)24-15(3)27/h8-11,13,18H,4-7,12H2,1-3H3,(H,24,27)(H,22,23,25). The first-order valence-electron chi connectivity index (χ1n) is 9.77. The zero-order chi connectivity index (χ0) is 20.1. The van der Waals surface area contributed by atoms with Crippen LogP contribution in [0.4, 0.5) is 17.2 Å². The maximum absolute atomic E-state index is 13.0. The van der Waals surface area contributed by atoms with E-state index in [-0.39, 0.29) is 17.9 Å². The number of piperidine rings is 1. The molecule has 3 rings (SSSR count). The molecule has 1 atom stereocenters. The molecule has 2 N–H and O–H groups in total. The van der Waals surface area contributed by atoms with Crippen molar-refractivity contribution in [2.24, 2.45) is 0 Å². The number of hydrogen-bond acceptors (Lipinski definition) is 5. The normalized spacial score (nSPS) is 16.5. The van der Waals surface area contributed by atoms with Gasteiger partial charge in [-0.25, -0.2) is 9.97 Å². The molecule has 1 unspecified atom stereocenters. The fraction of sp³-hybridized carbons (Fsp3) is 0.429. The van der Waals surface area contributed by atoms with Crippen LogP contribution in [0.2, 0.25) is 0 Å². The van der Waals surface area contributed by atoms with Crippen molar-refractivity contribution in [2.75, 3.05) is 17.2 Å². The Labute approximate surface area is 165 Å². The summed E-state index contributed by atoms with van der Waals surface area (Å²) in [6.07, 6.45) is 4.23. The molecule has 0 spiro atoms. The molecule has 7 heteroatoms. The second-order valence-corrected chi connectivity index (χ2v) is 7.13. The predicted octanol–water partition coefficient (Wildman–Crippen LogP) is 3.89. The van der Waals surface area contributed by atoms with Crippen molar-refractivity contribution < 1.29 is 9.59 Å². The van der Waals surface area contributed by atoms with Gasteiger partial charge in [0.25, 0.3) is 5.91 Å². The number of carbonyl (C=O) groups is 2. The monoisotopic (exact) mass is 381 g/mol. The first-order valence-corrected chi connectivity index (χ1v) is 9.77. The number of rotatable bonds is 5. The molecule has 1 aliphatic heterocycles. The lowest BCUT2D eigenvalue weighted by molar-refractivity contribution is -0.114. The summed E-state index contributed by atoms with van der Waals surface area (Å²) in [5.41, 5.74) is 1.96. The zero-order valence-corrected chi connectivity index (χ0v) is 16.7. The second-order valence-electron chi connectivity index (χ2n) is 7.13. The number of hydrogen-bond donors (Lipinski definition) is 2. The maximum atomic E-state index is 13.0. The Kier molecular flexibility index (Phi) is 6.23. The number of amides is 2. The lowest BCUT2D eigenvalue weighted by Gasteiger charge is -2.35. The van der Waals surface area contributed by atoms with Gasteiger partial charge in [0, 0.05) is 37.0 Å². The molecule has 1 fully saturated rings. The van der Waals surface area contributed by atoms with E-state index in [1.165, 1.54) is 13.3 Å². The van der Waals surface area contributed by atoms with E-state index in [2.05, 4.69) is 27.5 Å². The van der Waals surface area contributed by atoms with Crippen molar-refractivity contribution in [1.29, 1.82) is 0 Å². The first kappa shape index (κ1) is 19.8. The van der Waals surface area contributed by atoms with Crippen LogP contribution in [0.15, 0.2) is 30.3 Å². The predicted molar refractivity (Wildman–Crippen MR) is 110 cm³/mol. The molecule has 2 amide bonds. The summed E-state index contributed by atoms with van der Waals surface area (Å²) in [5, 5.41) is 5.95. The zero-order valence-electron chi connectivity index (χ0n) is 16.7. The van der Waals surface area contributed by atoms with Crippen molar-refractivity contribution >= 4 is 29.0 Å². The van der Waals surface area contributed by atoms with E-state index in [4.69, 9.17) is 0 Å². The quantitative estimate of drug-likeness (QED) is 0.820. The summed E-state index contributed by atoms with van der Waals surface area (Å²) in [4.78, 5) is 34.9. The molecule has 1 aromatic carbocycles. The summed E-state index contributed by atoms with van der Waals surface area (Å²) in [5.74, 6) is 0.987. The number of likely N-dealkylation sites (tertiary alicyclic amines) is 1. The van der Waals surface area contributed by atoms with Crippen LogP contribution in [0.25, 0.3) is 0 Å². The average Bonchev–Trinajstić information content (AvgIpc) is 2.68. The van der Waals surface area contributed by atoms with E-state index in [1.54, 1.807) is 13.0 Å². The Morgan fingerprint density at radius 3 is 2.54 bits per heavy atom. The van der Waals surface area contributed by atoms with Crippen molar-refractivity contribution in [3.05, 3.63) is 41.9 Å². The van der Waals surface area contributed by atoms with Crippen LogP contribution in [-0.2, 0) is 4.79 Å². The van der Waals surface area contributed by atoms with Crippen LogP contribution in [0.1, 0.15) is 55.8 Å². The molecule has 2 heterocycles. The van der Waals surface area contributed by atoms with Crippen LogP contribution in [0.3, 0.4) is 0 Å². The third-order valence-corrected chi connectivity index (χ3v) is 4.89. The minimum atomic E-state index is -0.113. The molecule has 1 aromatic heterocycles. The van der Waals surface area contributed by atoms with Crippen molar-refractivity contribution in [1.82, 2.24) is 14.9 Å². The summed E-state index contributed by atoms with van der Waals surface area (Å²) < 4.78 is 0. The van der Waals surface area contributed by atoms with Crippen molar-refractivity contribution in [3.63, 3.8) is 0 Å². The molecule has 0 bridgehead atoms. The minimum absolute atomic E-state index is 0.0268. The van der Waals surface area contributed by atoms with Gasteiger partial charge in [-0.15, -0.1) is 0 Å². The summed E-state index contributed by atoms with van der Waals surface area (Å²) in [7, 11) is 0. The number of carbonyl (C=O) groups excluding carboxylic acids is 2. The summed E-state index contributed by atoms with van der Waals surface area (Å²) in [6.45, 7) is 6.17. The van der Waals surface area contributed by atoms with Gasteiger partial charge in [0.15, 0.2) is 0 Å². The largest absolute Gasteiger partial charge is 0.340 e. The van der Waals surface area contributed by atoms with Crippen LogP contribution >= 0.6 is 0 Å². The molecule has 1 saturated heterocycles. The van der Waals surface area contributed by atoms with E-state index in [9.17, 15) is 9.59 Å². The van der Waals surface area contributed by atoms with Gasteiger partial charge >= 0.3 is 0 Å². The number of nitrogens with one attached hydrogen (secondary N) is 2. The average molecular weight is 381 g/mol. The number of nitrogens with zero attached hydrogens (tertiary/aromatic N) is 3.